The summed E-state index contributed by atoms with van der Waals surface area (Å²) in [6.45, 7) is 7.15. The Hall–Kier alpha value is -1.21. The van der Waals surface area contributed by atoms with Crippen LogP contribution in [0.15, 0.2) is 18.5 Å². The van der Waals surface area contributed by atoms with Gasteiger partial charge in [0.25, 0.3) is 0 Å². The summed E-state index contributed by atoms with van der Waals surface area (Å²) in [6.07, 6.45) is 3.51. The molecule has 0 aliphatic heterocycles. The molecule has 0 aliphatic carbocycles. The number of rotatable bonds is 13. The summed E-state index contributed by atoms with van der Waals surface area (Å²) < 4.78 is 21.3. The smallest absolute Gasteiger partial charge is 0.142 e. The van der Waals surface area contributed by atoms with Gasteiger partial charge in [0.15, 0.2) is 0 Å². The molecule has 0 unspecified atom stereocenters. The molecule has 6 heteroatoms. The number of pyridine rings is 1. The predicted octanol–water partition coefficient (Wildman–Crippen LogP) is 1.25. The zero-order valence-electron chi connectivity index (χ0n) is 13.0. The van der Waals surface area contributed by atoms with Gasteiger partial charge in [0.2, 0.25) is 0 Å². The predicted molar refractivity (Wildman–Crippen MR) is 80.6 cm³/mol. The van der Waals surface area contributed by atoms with Crippen LogP contribution < -0.4 is 10.1 Å². The topological polar surface area (TPSA) is 61.8 Å². The van der Waals surface area contributed by atoms with Crippen molar-refractivity contribution in [3.63, 3.8) is 0 Å². The average molecular weight is 298 g/mol. The highest BCUT2D eigenvalue weighted by Crippen LogP contribution is 2.15. The van der Waals surface area contributed by atoms with Crippen molar-refractivity contribution < 1.29 is 18.9 Å². The fraction of sp³-hybridized carbons (Fsp3) is 0.667. The zero-order valence-corrected chi connectivity index (χ0v) is 13.0. The van der Waals surface area contributed by atoms with Gasteiger partial charge >= 0.3 is 0 Å². The van der Waals surface area contributed by atoms with Crippen LogP contribution in [0.1, 0.15) is 12.5 Å². The second-order valence-electron chi connectivity index (χ2n) is 4.33. The third-order valence-corrected chi connectivity index (χ3v) is 2.72. The lowest BCUT2D eigenvalue weighted by Gasteiger charge is -2.11. The third kappa shape index (κ3) is 8.62. The van der Waals surface area contributed by atoms with Crippen LogP contribution in [0.3, 0.4) is 0 Å². The summed E-state index contributed by atoms with van der Waals surface area (Å²) >= 11 is 0. The van der Waals surface area contributed by atoms with Gasteiger partial charge in [-0.3, -0.25) is 4.98 Å². The van der Waals surface area contributed by atoms with Crippen LogP contribution in [0.4, 0.5) is 0 Å². The standard InChI is InChI=1S/C15H26N2O4/c1-3-16-12-14-4-5-17-13-15(14)21-11-10-20-9-8-19-7-6-18-2/h4-5,13,16H,3,6-12H2,1-2H3. The first-order valence-electron chi connectivity index (χ1n) is 7.29. The molecule has 0 bridgehead atoms. The van der Waals surface area contributed by atoms with Crippen molar-refractivity contribution in [3.8, 4) is 5.75 Å². The van der Waals surface area contributed by atoms with Crippen LogP contribution in [0, 0.1) is 0 Å². The average Bonchev–Trinajstić information content (AvgIpc) is 2.52. The molecule has 1 rings (SSSR count). The van der Waals surface area contributed by atoms with E-state index >= 15 is 0 Å². The second kappa shape index (κ2) is 12.5. The lowest BCUT2D eigenvalue weighted by atomic mass is 10.2. The van der Waals surface area contributed by atoms with E-state index in [0.29, 0.717) is 39.6 Å². The second-order valence-corrected chi connectivity index (χ2v) is 4.33. The largest absolute Gasteiger partial charge is 0.489 e. The van der Waals surface area contributed by atoms with Crippen LogP contribution in [0.5, 0.6) is 5.75 Å². The van der Waals surface area contributed by atoms with Gasteiger partial charge in [-0.2, -0.15) is 0 Å². The van der Waals surface area contributed by atoms with Gasteiger partial charge in [0, 0.05) is 25.4 Å². The monoisotopic (exact) mass is 298 g/mol. The number of nitrogens with zero attached hydrogens (tertiary/aromatic N) is 1. The van der Waals surface area contributed by atoms with Crippen molar-refractivity contribution in [2.45, 2.75) is 13.5 Å². The van der Waals surface area contributed by atoms with E-state index in [9.17, 15) is 0 Å². The van der Waals surface area contributed by atoms with Gasteiger partial charge in [-0.15, -0.1) is 0 Å². The Labute approximate surface area is 126 Å². The van der Waals surface area contributed by atoms with Crippen LogP contribution in [-0.2, 0) is 20.8 Å². The van der Waals surface area contributed by atoms with Crippen molar-refractivity contribution in [1.29, 1.82) is 0 Å². The van der Waals surface area contributed by atoms with E-state index in [4.69, 9.17) is 18.9 Å². The summed E-state index contributed by atoms with van der Waals surface area (Å²) in [7, 11) is 1.65. The van der Waals surface area contributed by atoms with E-state index in [2.05, 4.69) is 17.2 Å². The van der Waals surface area contributed by atoms with Gasteiger partial charge in [-0.25, -0.2) is 0 Å². The fourth-order valence-corrected chi connectivity index (χ4v) is 1.62. The highest BCUT2D eigenvalue weighted by Gasteiger charge is 2.02. The maximum Gasteiger partial charge on any atom is 0.142 e. The molecule has 120 valence electrons. The third-order valence-electron chi connectivity index (χ3n) is 2.72. The Morgan fingerprint density at radius 1 is 1.05 bits per heavy atom. The Kier molecular flexibility index (Phi) is 10.6. The molecular formula is C15H26N2O4. The number of aromatic nitrogens is 1. The first-order valence-corrected chi connectivity index (χ1v) is 7.29. The SMILES string of the molecule is CCNCc1ccncc1OCCOCCOCCOC. The molecule has 1 N–H and O–H groups in total. The van der Waals surface area contributed by atoms with E-state index in [1.54, 1.807) is 19.5 Å². The summed E-state index contributed by atoms with van der Waals surface area (Å²) in [5.74, 6) is 0.804. The minimum atomic E-state index is 0.503. The first-order chi connectivity index (χ1) is 10.4. The van der Waals surface area contributed by atoms with Crippen molar-refractivity contribution >= 4 is 0 Å². The maximum absolute atomic E-state index is 5.69. The first kappa shape index (κ1) is 17.8. The van der Waals surface area contributed by atoms with Gasteiger partial charge in [-0.1, -0.05) is 6.92 Å². The van der Waals surface area contributed by atoms with E-state index in [-0.39, 0.29) is 0 Å². The molecule has 0 aliphatic rings. The highest BCUT2D eigenvalue weighted by atomic mass is 16.6. The summed E-state index contributed by atoms with van der Waals surface area (Å²) in [6, 6.07) is 1.96. The molecule has 1 heterocycles. The number of methoxy groups -OCH3 is 1. The Balaban J connectivity index is 2.09. The van der Waals surface area contributed by atoms with Crippen LogP contribution in [0.2, 0.25) is 0 Å². The van der Waals surface area contributed by atoms with E-state index in [0.717, 1.165) is 24.4 Å². The molecule has 0 amide bonds. The number of hydrogen-bond acceptors (Lipinski definition) is 6. The Morgan fingerprint density at radius 3 is 2.48 bits per heavy atom. The van der Waals surface area contributed by atoms with E-state index < -0.39 is 0 Å². The number of ether oxygens (including phenoxy) is 4. The number of nitrogens with one attached hydrogen (secondary N) is 1. The molecule has 0 saturated carbocycles. The summed E-state index contributed by atoms with van der Waals surface area (Å²) in [5, 5.41) is 3.27. The molecule has 0 spiro atoms. The minimum absolute atomic E-state index is 0.503. The molecule has 0 aromatic carbocycles. The van der Waals surface area contributed by atoms with Crippen molar-refractivity contribution in [3.05, 3.63) is 24.0 Å². The molecule has 1 aromatic heterocycles. The molecule has 1 aromatic rings. The summed E-state index contributed by atoms with van der Waals surface area (Å²) in [5.41, 5.74) is 1.11. The Morgan fingerprint density at radius 2 is 1.76 bits per heavy atom. The van der Waals surface area contributed by atoms with Crippen molar-refractivity contribution in [2.75, 3.05) is 53.3 Å². The molecule has 0 fully saturated rings. The van der Waals surface area contributed by atoms with Crippen molar-refractivity contribution in [1.82, 2.24) is 10.3 Å². The van der Waals surface area contributed by atoms with Gasteiger partial charge < -0.3 is 24.3 Å². The minimum Gasteiger partial charge on any atom is -0.489 e. The quantitative estimate of drug-likeness (QED) is 0.553. The molecule has 0 saturated heterocycles. The van der Waals surface area contributed by atoms with Gasteiger partial charge in [0.05, 0.1) is 39.2 Å². The molecule has 0 radical (unpaired) electrons. The Bertz CT molecular complexity index is 363. The molecular weight excluding hydrogens is 272 g/mol. The van der Waals surface area contributed by atoms with E-state index in [1.807, 2.05) is 6.07 Å². The van der Waals surface area contributed by atoms with Crippen molar-refractivity contribution in [2.24, 2.45) is 0 Å². The zero-order chi connectivity index (χ0) is 15.2. The molecule has 21 heavy (non-hydrogen) atoms. The van der Waals surface area contributed by atoms with E-state index in [1.165, 1.54) is 0 Å². The number of hydrogen-bond donors (Lipinski definition) is 1. The lowest BCUT2D eigenvalue weighted by Crippen LogP contribution is -2.15. The fourth-order valence-electron chi connectivity index (χ4n) is 1.62. The molecule has 6 nitrogen and oxygen atoms in total. The van der Waals surface area contributed by atoms with Gasteiger partial charge in [0.1, 0.15) is 12.4 Å². The van der Waals surface area contributed by atoms with Crippen LogP contribution in [0.25, 0.3) is 0 Å². The highest BCUT2D eigenvalue weighted by molar-refractivity contribution is 5.29. The maximum atomic E-state index is 5.69. The van der Waals surface area contributed by atoms with Crippen LogP contribution in [-0.4, -0.2) is 58.3 Å². The molecule has 0 atom stereocenters. The van der Waals surface area contributed by atoms with Gasteiger partial charge in [-0.05, 0) is 12.6 Å². The normalized spacial score (nSPS) is 10.8. The lowest BCUT2D eigenvalue weighted by molar-refractivity contribution is 0.0179. The summed E-state index contributed by atoms with van der Waals surface area (Å²) in [4.78, 5) is 4.08. The van der Waals surface area contributed by atoms with Crippen LogP contribution >= 0.6 is 0 Å².